The molecular formula is C11H14BrNO5S2. The first-order valence-electron chi connectivity index (χ1n) is 5.81. The standard InChI is InChI=1S/C11H14BrNO5S2/c1-6-3-9(19-10(6)12)20(16,17)13-5-7(14)4-8(13)11(15)18-2/h3,7-8,14H,4-5H2,1-2H3. The summed E-state index contributed by atoms with van der Waals surface area (Å²) in [6, 6.07) is 0.574. The van der Waals surface area contributed by atoms with E-state index in [4.69, 9.17) is 0 Å². The van der Waals surface area contributed by atoms with Gasteiger partial charge >= 0.3 is 5.97 Å². The number of ether oxygens (including phenoxy) is 1. The van der Waals surface area contributed by atoms with Gasteiger partial charge in [0, 0.05) is 13.0 Å². The summed E-state index contributed by atoms with van der Waals surface area (Å²) < 4.78 is 31.6. The lowest BCUT2D eigenvalue weighted by Crippen LogP contribution is -2.40. The highest BCUT2D eigenvalue weighted by atomic mass is 79.9. The minimum absolute atomic E-state index is 0.0530. The van der Waals surface area contributed by atoms with E-state index in [1.165, 1.54) is 7.11 Å². The highest BCUT2D eigenvalue weighted by Gasteiger charge is 2.44. The van der Waals surface area contributed by atoms with Crippen LogP contribution >= 0.6 is 27.3 Å². The lowest BCUT2D eigenvalue weighted by atomic mass is 10.2. The molecule has 0 aromatic carbocycles. The van der Waals surface area contributed by atoms with Crippen molar-refractivity contribution in [2.24, 2.45) is 0 Å². The minimum Gasteiger partial charge on any atom is -0.468 e. The Morgan fingerprint density at radius 1 is 1.60 bits per heavy atom. The number of sulfonamides is 1. The summed E-state index contributed by atoms with van der Waals surface area (Å²) in [6.45, 7) is 1.69. The lowest BCUT2D eigenvalue weighted by molar-refractivity contribution is -0.144. The van der Waals surface area contributed by atoms with Crippen LogP contribution in [-0.4, -0.2) is 49.6 Å². The van der Waals surface area contributed by atoms with Gasteiger partial charge < -0.3 is 9.84 Å². The highest BCUT2D eigenvalue weighted by molar-refractivity contribution is 9.11. The second-order valence-corrected chi connectivity index (χ2v) is 9.01. The molecule has 20 heavy (non-hydrogen) atoms. The Bertz CT molecular complexity index is 607. The summed E-state index contributed by atoms with van der Waals surface area (Å²) in [5, 5.41) is 9.66. The van der Waals surface area contributed by atoms with E-state index in [2.05, 4.69) is 20.7 Å². The van der Waals surface area contributed by atoms with Crippen LogP contribution in [0, 0.1) is 6.92 Å². The molecule has 1 fully saturated rings. The molecule has 2 rings (SSSR count). The molecular weight excluding hydrogens is 370 g/mol. The van der Waals surface area contributed by atoms with Crippen LogP contribution in [0.1, 0.15) is 12.0 Å². The summed E-state index contributed by atoms with van der Waals surface area (Å²) in [4.78, 5) is 11.7. The molecule has 1 aliphatic rings. The molecule has 2 unspecified atom stereocenters. The maximum absolute atomic E-state index is 12.6. The molecule has 1 aliphatic heterocycles. The molecule has 112 valence electrons. The second kappa shape index (κ2) is 5.72. The number of carbonyl (C=O) groups excluding carboxylic acids is 1. The molecule has 0 saturated carbocycles. The Hall–Kier alpha value is -0.480. The van der Waals surface area contributed by atoms with Crippen molar-refractivity contribution in [1.82, 2.24) is 4.31 Å². The molecule has 0 amide bonds. The van der Waals surface area contributed by atoms with Gasteiger partial charge in [-0.05, 0) is 34.5 Å². The minimum atomic E-state index is -3.82. The van der Waals surface area contributed by atoms with E-state index in [-0.39, 0.29) is 17.2 Å². The zero-order valence-corrected chi connectivity index (χ0v) is 14.1. The number of aliphatic hydroxyl groups is 1. The SMILES string of the molecule is COC(=O)C1CC(O)CN1S(=O)(=O)c1cc(C)c(Br)s1. The number of carbonyl (C=O) groups is 1. The fourth-order valence-corrected chi connectivity index (χ4v) is 6.06. The molecule has 0 radical (unpaired) electrons. The van der Waals surface area contributed by atoms with Crippen LogP contribution in [0.5, 0.6) is 0 Å². The number of rotatable bonds is 3. The third kappa shape index (κ3) is 2.77. The predicted molar refractivity (Wildman–Crippen MR) is 77.1 cm³/mol. The maximum Gasteiger partial charge on any atom is 0.324 e. The molecule has 1 saturated heterocycles. The molecule has 0 aliphatic carbocycles. The topological polar surface area (TPSA) is 83.9 Å². The predicted octanol–water partition coefficient (Wildman–Crippen LogP) is 1.12. The molecule has 6 nitrogen and oxygen atoms in total. The van der Waals surface area contributed by atoms with Gasteiger partial charge in [-0.3, -0.25) is 4.79 Å². The molecule has 0 spiro atoms. The van der Waals surface area contributed by atoms with E-state index in [0.717, 1.165) is 25.0 Å². The van der Waals surface area contributed by atoms with Crippen LogP contribution in [0.25, 0.3) is 0 Å². The van der Waals surface area contributed by atoms with Crippen LogP contribution in [0.15, 0.2) is 14.1 Å². The summed E-state index contributed by atoms with van der Waals surface area (Å²) in [5.41, 5.74) is 0.808. The lowest BCUT2D eigenvalue weighted by Gasteiger charge is -2.20. The molecule has 0 bridgehead atoms. The number of aliphatic hydroxyl groups excluding tert-OH is 1. The van der Waals surface area contributed by atoms with Gasteiger partial charge in [0.15, 0.2) is 0 Å². The van der Waals surface area contributed by atoms with Crippen molar-refractivity contribution >= 4 is 43.3 Å². The van der Waals surface area contributed by atoms with Gasteiger partial charge in [0.25, 0.3) is 10.0 Å². The van der Waals surface area contributed by atoms with Crippen LogP contribution in [0.3, 0.4) is 0 Å². The zero-order chi connectivity index (χ0) is 15.1. The monoisotopic (exact) mass is 383 g/mol. The normalized spacial score (nSPS) is 24.0. The Kier molecular flexibility index (Phi) is 4.55. The third-order valence-electron chi connectivity index (χ3n) is 3.10. The number of methoxy groups -OCH3 is 1. The number of hydrogen-bond acceptors (Lipinski definition) is 6. The van der Waals surface area contributed by atoms with E-state index in [1.54, 1.807) is 13.0 Å². The van der Waals surface area contributed by atoms with Crippen LogP contribution in [0.2, 0.25) is 0 Å². The molecule has 1 N–H and O–H groups in total. The average Bonchev–Trinajstić information content (AvgIpc) is 2.93. The molecule has 2 heterocycles. The Balaban J connectivity index is 2.39. The van der Waals surface area contributed by atoms with Crippen molar-refractivity contribution in [3.63, 3.8) is 0 Å². The Labute approximate surface area is 129 Å². The average molecular weight is 384 g/mol. The first-order chi connectivity index (χ1) is 9.27. The van der Waals surface area contributed by atoms with Crippen LogP contribution in [-0.2, 0) is 19.6 Å². The van der Waals surface area contributed by atoms with Crippen LogP contribution < -0.4 is 0 Å². The van der Waals surface area contributed by atoms with Gasteiger partial charge in [-0.2, -0.15) is 4.31 Å². The Morgan fingerprint density at radius 3 is 2.75 bits per heavy atom. The number of halogens is 1. The van der Waals surface area contributed by atoms with E-state index in [1.807, 2.05) is 0 Å². The fourth-order valence-electron chi connectivity index (χ4n) is 2.07. The smallest absolute Gasteiger partial charge is 0.324 e. The van der Waals surface area contributed by atoms with E-state index in [0.29, 0.717) is 0 Å². The van der Waals surface area contributed by atoms with Crippen molar-refractivity contribution in [2.45, 2.75) is 29.7 Å². The van der Waals surface area contributed by atoms with Gasteiger partial charge in [0.05, 0.1) is 17.0 Å². The van der Waals surface area contributed by atoms with Gasteiger partial charge in [-0.15, -0.1) is 11.3 Å². The Morgan fingerprint density at radius 2 is 2.25 bits per heavy atom. The number of thiophene rings is 1. The number of aryl methyl sites for hydroxylation is 1. The number of β-amino-alcohol motifs (C(OH)–C–C–N with tert-alkyl or cyclic N) is 1. The first-order valence-corrected chi connectivity index (χ1v) is 8.86. The molecule has 1 aromatic heterocycles. The molecule has 9 heteroatoms. The number of hydrogen-bond donors (Lipinski definition) is 1. The van der Waals surface area contributed by atoms with Crippen molar-refractivity contribution in [3.05, 3.63) is 15.4 Å². The molecule has 1 aromatic rings. The third-order valence-corrected chi connectivity index (χ3v) is 7.56. The first kappa shape index (κ1) is 15.9. The van der Waals surface area contributed by atoms with Gasteiger partial charge in [0.2, 0.25) is 0 Å². The maximum atomic E-state index is 12.6. The van der Waals surface area contributed by atoms with Crippen molar-refractivity contribution in [2.75, 3.05) is 13.7 Å². The summed E-state index contributed by atoms with van der Waals surface area (Å²) >= 11 is 4.37. The largest absolute Gasteiger partial charge is 0.468 e. The van der Waals surface area contributed by atoms with E-state index in [9.17, 15) is 18.3 Å². The van der Waals surface area contributed by atoms with Crippen LogP contribution in [0.4, 0.5) is 0 Å². The summed E-state index contributed by atoms with van der Waals surface area (Å²) in [6.07, 6.45) is -0.810. The summed E-state index contributed by atoms with van der Waals surface area (Å²) in [7, 11) is -2.62. The van der Waals surface area contributed by atoms with Crippen molar-refractivity contribution < 1.29 is 23.1 Å². The van der Waals surface area contributed by atoms with Gasteiger partial charge in [-0.1, -0.05) is 0 Å². The number of esters is 1. The quantitative estimate of drug-likeness (QED) is 0.790. The van der Waals surface area contributed by atoms with Gasteiger partial charge in [-0.25, -0.2) is 8.42 Å². The highest BCUT2D eigenvalue weighted by Crippen LogP contribution is 2.35. The molecule has 2 atom stereocenters. The van der Waals surface area contributed by atoms with Crippen molar-refractivity contribution in [3.8, 4) is 0 Å². The fraction of sp³-hybridized carbons (Fsp3) is 0.545. The van der Waals surface area contributed by atoms with Crippen molar-refractivity contribution in [1.29, 1.82) is 0 Å². The zero-order valence-electron chi connectivity index (χ0n) is 10.9. The number of nitrogens with zero attached hydrogens (tertiary/aromatic N) is 1. The van der Waals surface area contributed by atoms with E-state index < -0.39 is 28.1 Å². The second-order valence-electron chi connectivity index (χ2n) is 4.53. The van der Waals surface area contributed by atoms with E-state index >= 15 is 0 Å². The van der Waals surface area contributed by atoms with Gasteiger partial charge in [0.1, 0.15) is 10.3 Å². The summed E-state index contributed by atoms with van der Waals surface area (Å²) in [5.74, 6) is -0.655.